The topological polar surface area (TPSA) is 57.7 Å². The molecule has 3 fully saturated rings. The zero-order chi connectivity index (χ0) is 18.5. The summed E-state index contributed by atoms with van der Waals surface area (Å²) in [6, 6.07) is 2.74. The first-order chi connectivity index (χ1) is 12.3. The maximum atomic E-state index is 13.9. The van der Waals surface area contributed by atoms with Crippen LogP contribution in [-0.4, -0.2) is 67.3 Å². The van der Waals surface area contributed by atoms with E-state index in [9.17, 15) is 22.0 Å². The van der Waals surface area contributed by atoms with Crippen molar-refractivity contribution in [1.29, 1.82) is 0 Å². The molecular formula is C18H22F2N2O3S. The van der Waals surface area contributed by atoms with Crippen molar-refractivity contribution in [1.82, 2.24) is 9.80 Å². The van der Waals surface area contributed by atoms with E-state index in [0.29, 0.717) is 6.42 Å². The molecule has 4 rings (SSSR count). The van der Waals surface area contributed by atoms with Crippen LogP contribution in [-0.2, 0) is 9.84 Å². The minimum absolute atomic E-state index is 0.00740. The Morgan fingerprint density at radius 3 is 2.58 bits per heavy atom. The first kappa shape index (κ1) is 17.9. The molecular weight excluding hydrogens is 362 g/mol. The molecule has 0 aliphatic carbocycles. The van der Waals surface area contributed by atoms with Crippen LogP contribution in [0.4, 0.5) is 8.78 Å². The van der Waals surface area contributed by atoms with Gasteiger partial charge in [-0.25, -0.2) is 17.2 Å². The lowest BCUT2D eigenvalue weighted by Gasteiger charge is -2.50. The molecule has 3 heterocycles. The third kappa shape index (κ3) is 2.74. The third-order valence-electron chi connectivity index (χ3n) is 6.14. The number of amides is 1. The van der Waals surface area contributed by atoms with E-state index in [2.05, 4.69) is 4.90 Å². The van der Waals surface area contributed by atoms with Crippen LogP contribution in [0.1, 0.15) is 29.6 Å². The number of sulfone groups is 1. The maximum Gasteiger partial charge on any atom is 0.257 e. The Morgan fingerprint density at radius 1 is 1.19 bits per heavy atom. The Balaban J connectivity index is 1.52. The lowest BCUT2D eigenvalue weighted by molar-refractivity contribution is 0.0428. The van der Waals surface area contributed by atoms with Crippen LogP contribution < -0.4 is 0 Å². The second kappa shape index (κ2) is 6.27. The molecule has 1 atom stereocenters. The minimum Gasteiger partial charge on any atom is -0.335 e. The summed E-state index contributed by atoms with van der Waals surface area (Å²) >= 11 is 0. The van der Waals surface area contributed by atoms with Gasteiger partial charge in [-0.05, 0) is 56.5 Å². The Hall–Kier alpha value is -1.54. The van der Waals surface area contributed by atoms with Crippen LogP contribution in [0.2, 0.25) is 0 Å². The first-order valence-corrected chi connectivity index (χ1v) is 10.7. The molecule has 1 aromatic carbocycles. The Labute approximate surface area is 151 Å². The van der Waals surface area contributed by atoms with Crippen molar-refractivity contribution in [2.75, 3.05) is 38.5 Å². The molecule has 0 saturated carbocycles. The Morgan fingerprint density at radius 2 is 1.88 bits per heavy atom. The number of rotatable bonds is 3. The van der Waals surface area contributed by atoms with Crippen molar-refractivity contribution in [3.63, 3.8) is 0 Å². The molecule has 0 radical (unpaired) electrons. The maximum absolute atomic E-state index is 13.9. The van der Waals surface area contributed by atoms with Gasteiger partial charge in [0.15, 0.2) is 9.84 Å². The summed E-state index contributed by atoms with van der Waals surface area (Å²) in [6.45, 7) is 2.86. The molecule has 1 unspecified atom stereocenters. The van der Waals surface area contributed by atoms with Crippen LogP contribution in [0.15, 0.2) is 18.2 Å². The molecule has 142 valence electrons. The number of carbonyl (C=O) groups excluding carboxylic acids is 1. The van der Waals surface area contributed by atoms with Gasteiger partial charge in [-0.15, -0.1) is 0 Å². The van der Waals surface area contributed by atoms with E-state index >= 15 is 0 Å². The second-order valence-corrected chi connectivity index (χ2v) is 10.1. The number of halogens is 2. The highest BCUT2D eigenvalue weighted by Gasteiger charge is 2.62. The Bertz CT molecular complexity index is 831. The van der Waals surface area contributed by atoms with E-state index < -0.39 is 32.1 Å². The van der Waals surface area contributed by atoms with Crippen LogP contribution in [0, 0.1) is 17.6 Å². The van der Waals surface area contributed by atoms with Gasteiger partial charge in [0.25, 0.3) is 5.91 Å². The summed E-state index contributed by atoms with van der Waals surface area (Å²) in [4.78, 5) is 16.1. The largest absolute Gasteiger partial charge is 0.335 e. The molecule has 0 bridgehead atoms. The predicted octanol–water partition coefficient (Wildman–Crippen LogP) is 1.69. The monoisotopic (exact) mass is 384 g/mol. The molecule has 3 saturated heterocycles. The van der Waals surface area contributed by atoms with Gasteiger partial charge in [0.2, 0.25) is 0 Å². The fourth-order valence-corrected chi connectivity index (χ4v) is 6.99. The van der Waals surface area contributed by atoms with Crippen LogP contribution in [0.3, 0.4) is 0 Å². The van der Waals surface area contributed by atoms with Gasteiger partial charge in [0, 0.05) is 19.6 Å². The van der Waals surface area contributed by atoms with Crippen molar-refractivity contribution >= 4 is 15.7 Å². The highest BCUT2D eigenvalue weighted by Crippen LogP contribution is 2.45. The number of likely N-dealkylation sites (tertiary alicyclic amines) is 2. The number of nitrogens with zero attached hydrogens (tertiary/aromatic N) is 2. The van der Waals surface area contributed by atoms with Crippen molar-refractivity contribution in [3.05, 3.63) is 35.4 Å². The number of hydrogen-bond donors (Lipinski definition) is 0. The SMILES string of the molecule is O=C(c1cc(F)ccc1F)N1CC2(C1)C(CN1CCCC1)CCS2(=O)=O. The van der Waals surface area contributed by atoms with Gasteiger partial charge in [-0.2, -0.15) is 0 Å². The molecule has 0 N–H and O–H groups in total. The molecule has 26 heavy (non-hydrogen) atoms. The van der Waals surface area contributed by atoms with Crippen molar-refractivity contribution in [2.24, 2.45) is 5.92 Å². The van der Waals surface area contributed by atoms with E-state index in [1.165, 1.54) is 4.90 Å². The number of benzene rings is 1. The van der Waals surface area contributed by atoms with Gasteiger partial charge < -0.3 is 9.80 Å². The predicted molar refractivity (Wildman–Crippen MR) is 92.6 cm³/mol. The molecule has 0 aromatic heterocycles. The third-order valence-corrected chi connectivity index (χ3v) is 8.74. The molecule has 1 amide bonds. The standard InChI is InChI=1S/C18H22F2N2O3S/c19-14-3-4-16(20)15(9-14)17(23)22-11-18(12-22)13(5-8-26(18,24)25)10-21-6-1-2-7-21/h3-4,9,13H,1-2,5-8,10-12H2. The zero-order valence-electron chi connectivity index (χ0n) is 14.5. The highest BCUT2D eigenvalue weighted by molar-refractivity contribution is 7.93. The van der Waals surface area contributed by atoms with Crippen molar-refractivity contribution in [2.45, 2.75) is 24.0 Å². The molecule has 1 aromatic rings. The molecule has 1 spiro atoms. The van der Waals surface area contributed by atoms with E-state index in [1.54, 1.807) is 0 Å². The number of hydrogen-bond acceptors (Lipinski definition) is 4. The average molecular weight is 384 g/mol. The quantitative estimate of drug-likeness (QED) is 0.796. The van der Waals surface area contributed by atoms with Gasteiger partial charge in [0.1, 0.15) is 16.4 Å². The van der Waals surface area contributed by atoms with Crippen molar-refractivity contribution < 1.29 is 22.0 Å². The van der Waals surface area contributed by atoms with E-state index in [0.717, 1.165) is 50.7 Å². The normalized spacial score (nSPS) is 27.0. The average Bonchev–Trinajstić information content (AvgIpc) is 3.14. The molecule has 5 nitrogen and oxygen atoms in total. The van der Waals surface area contributed by atoms with Gasteiger partial charge in [-0.1, -0.05) is 0 Å². The minimum atomic E-state index is -3.30. The summed E-state index contributed by atoms with van der Waals surface area (Å²) in [5, 5.41) is 0. The highest BCUT2D eigenvalue weighted by atomic mass is 32.2. The smallest absolute Gasteiger partial charge is 0.257 e. The van der Waals surface area contributed by atoms with Crippen LogP contribution in [0.5, 0.6) is 0 Å². The van der Waals surface area contributed by atoms with Gasteiger partial charge in [-0.3, -0.25) is 4.79 Å². The van der Waals surface area contributed by atoms with E-state index in [1.807, 2.05) is 0 Å². The van der Waals surface area contributed by atoms with Crippen LogP contribution in [0.25, 0.3) is 0 Å². The lowest BCUT2D eigenvalue weighted by Crippen LogP contribution is -2.69. The van der Waals surface area contributed by atoms with E-state index in [4.69, 9.17) is 0 Å². The summed E-state index contributed by atoms with van der Waals surface area (Å²) in [7, 11) is -3.30. The van der Waals surface area contributed by atoms with Gasteiger partial charge >= 0.3 is 0 Å². The fourth-order valence-electron chi connectivity index (χ4n) is 4.58. The van der Waals surface area contributed by atoms with Crippen molar-refractivity contribution in [3.8, 4) is 0 Å². The van der Waals surface area contributed by atoms with Crippen LogP contribution >= 0.6 is 0 Å². The van der Waals surface area contributed by atoms with Gasteiger partial charge in [0.05, 0.1) is 11.3 Å². The summed E-state index contributed by atoms with van der Waals surface area (Å²) in [5.41, 5.74) is -0.341. The fraction of sp³-hybridized carbons (Fsp3) is 0.611. The first-order valence-electron chi connectivity index (χ1n) is 9.01. The number of carbonyl (C=O) groups is 1. The second-order valence-electron chi connectivity index (χ2n) is 7.66. The molecule has 3 aliphatic rings. The van der Waals surface area contributed by atoms with E-state index in [-0.39, 0.29) is 30.3 Å². The summed E-state index contributed by atoms with van der Waals surface area (Å²) < 4.78 is 51.7. The summed E-state index contributed by atoms with van der Waals surface area (Å²) in [6.07, 6.45) is 2.88. The zero-order valence-corrected chi connectivity index (χ0v) is 15.3. The molecule has 8 heteroatoms. The Kier molecular flexibility index (Phi) is 4.30. The summed E-state index contributed by atoms with van der Waals surface area (Å²) in [5.74, 6) is -1.99. The lowest BCUT2D eigenvalue weighted by atomic mass is 9.82. The molecule has 3 aliphatic heterocycles.